The second kappa shape index (κ2) is 4.20. The van der Waals surface area contributed by atoms with Gasteiger partial charge >= 0.3 is 0 Å². The third-order valence-electron chi connectivity index (χ3n) is 1.61. The van der Waals surface area contributed by atoms with Gasteiger partial charge in [0.15, 0.2) is 0 Å². The van der Waals surface area contributed by atoms with Crippen LogP contribution in [0.3, 0.4) is 0 Å². The third-order valence-corrected chi connectivity index (χ3v) is 2.19. The molecule has 0 spiro atoms. The Morgan fingerprint density at radius 3 is 2.62 bits per heavy atom. The van der Waals surface area contributed by atoms with Crippen LogP contribution in [-0.2, 0) is 5.88 Å². The maximum Gasteiger partial charge on any atom is 0.280 e. The molecule has 0 saturated carbocycles. The van der Waals surface area contributed by atoms with E-state index in [2.05, 4.69) is 4.98 Å². The van der Waals surface area contributed by atoms with Crippen molar-refractivity contribution in [1.82, 2.24) is 4.98 Å². The van der Waals surface area contributed by atoms with Crippen LogP contribution in [0.25, 0.3) is 0 Å². The van der Waals surface area contributed by atoms with E-state index in [-0.39, 0.29) is 11.6 Å². The summed E-state index contributed by atoms with van der Waals surface area (Å²) in [4.78, 5) is 3.68. The van der Waals surface area contributed by atoms with E-state index in [9.17, 15) is 8.78 Å². The third kappa shape index (κ3) is 2.29. The van der Waals surface area contributed by atoms with Crippen LogP contribution in [0.1, 0.15) is 23.4 Å². The lowest BCUT2D eigenvalue weighted by atomic mass is 10.2. The summed E-state index contributed by atoms with van der Waals surface area (Å²) in [7, 11) is 0. The van der Waals surface area contributed by atoms with Crippen molar-refractivity contribution < 1.29 is 8.78 Å². The lowest BCUT2D eigenvalue weighted by Crippen LogP contribution is -1.98. The summed E-state index contributed by atoms with van der Waals surface area (Å²) in [5.74, 6) is 0.0405. The highest BCUT2D eigenvalue weighted by molar-refractivity contribution is 6.32. The Hall–Kier alpha value is -0.410. The zero-order valence-corrected chi connectivity index (χ0v) is 8.33. The van der Waals surface area contributed by atoms with Gasteiger partial charge in [-0.1, -0.05) is 11.6 Å². The summed E-state index contributed by atoms with van der Waals surface area (Å²) in [5.41, 5.74) is 0.429. The summed E-state index contributed by atoms with van der Waals surface area (Å²) in [5, 5.41) is 0.330. The van der Waals surface area contributed by atoms with E-state index >= 15 is 0 Å². The molecule has 0 aliphatic rings. The molecular weight excluding hydrogens is 219 g/mol. The Kier molecular flexibility index (Phi) is 3.45. The second-order valence-corrected chi connectivity index (χ2v) is 3.23. The predicted molar refractivity (Wildman–Crippen MR) is 48.5 cm³/mol. The van der Waals surface area contributed by atoms with E-state index in [0.717, 1.165) is 0 Å². The molecule has 0 bridgehead atoms. The summed E-state index contributed by atoms with van der Waals surface area (Å²) >= 11 is 11.2. The van der Waals surface area contributed by atoms with Crippen LogP contribution in [0.2, 0.25) is 5.02 Å². The first-order valence-electron chi connectivity index (χ1n) is 3.56. The minimum absolute atomic E-state index is 0.0405. The minimum atomic E-state index is -2.58. The van der Waals surface area contributed by atoms with Crippen molar-refractivity contribution in [1.29, 1.82) is 0 Å². The number of aryl methyl sites for hydroxylation is 1. The van der Waals surface area contributed by atoms with Gasteiger partial charge in [-0.15, -0.1) is 11.6 Å². The Bertz CT molecular complexity index is 315. The van der Waals surface area contributed by atoms with E-state index in [1.807, 2.05) is 0 Å². The average Bonchev–Trinajstić information content (AvgIpc) is 2.03. The number of nitrogens with zero attached hydrogens (tertiary/aromatic N) is 1. The molecule has 0 unspecified atom stereocenters. The minimum Gasteiger partial charge on any atom is -0.249 e. The van der Waals surface area contributed by atoms with E-state index in [1.54, 1.807) is 6.92 Å². The summed E-state index contributed by atoms with van der Waals surface area (Å²) in [6.07, 6.45) is -2.58. The molecule has 0 N–H and O–H groups in total. The first-order chi connectivity index (χ1) is 6.06. The first-order valence-corrected chi connectivity index (χ1v) is 4.47. The Labute approximate surface area is 84.7 Å². The van der Waals surface area contributed by atoms with Gasteiger partial charge in [-0.05, 0) is 18.6 Å². The van der Waals surface area contributed by atoms with Crippen LogP contribution >= 0.6 is 23.2 Å². The fourth-order valence-corrected chi connectivity index (χ4v) is 1.49. The van der Waals surface area contributed by atoms with Crippen LogP contribution in [0, 0.1) is 6.92 Å². The molecule has 13 heavy (non-hydrogen) atoms. The molecule has 1 nitrogen and oxygen atoms in total. The highest BCUT2D eigenvalue weighted by Crippen LogP contribution is 2.25. The molecule has 0 aliphatic heterocycles. The van der Waals surface area contributed by atoms with Crippen molar-refractivity contribution in [2.24, 2.45) is 0 Å². The number of pyridine rings is 1. The normalized spacial score (nSPS) is 10.9. The van der Waals surface area contributed by atoms with Crippen molar-refractivity contribution in [3.05, 3.63) is 28.0 Å². The Balaban J connectivity index is 3.22. The largest absolute Gasteiger partial charge is 0.280 e. The molecule has 0 amide bonds. The molecule has 0 radical (unpaired) electrons. The molecule has 1 aromatic rings. The van der Waals surface area contributed by atoms with E-state index in [4.69, 9.17) is 23.2 Å². The van der Waals surface area contributed by atoms with Crippen molar-refractivity contribution in [2.75, 3.05) is 0 Å². The highest BCUT2D eigenvalue weighted by Gasteiger charge is 2.15. The van der Waals surface area contributed by atoms with Crippen LogP contribution in [0.15, 0.2) is 6.07 Å². The van der Waals surface area contributed by atoms with Crippen LogP contribution in [0.5, 0.6) is 0 Å². The van der Waals surface area contributed by atoms with E-state index < -0.39 is 6.43 Å². The smallest absolute Gasteiger partial charge is 0.249 e. The van der Waals surface area contributed by atoms with Crippen molar-refractivity contribution in [2.45, 2.75) is 19.2 Å². The molecule has 0 saturated heterocycles. The van der Waals surface area contributed by atoms with Crippen LogP contribution < -0.4 is 0 Å². The number of rotatable bonds is 2. The quantitative estimate of drug-likeness (QED) is 0.700. The highest BCUT2D eigenvalue weighted by atomic mass is 35.5. The zero-order chi connectivity index (χ0) is 10.0. The summed E-state index contributed by atoms with van der Waals surface area (Å²) in [6, 6.07) is 1.45. The Morgan fingerprint density at radius 2 is 2.15 bits per heavy atom. The fraction of sp³-hybridized carbons (Fsp3) is 0.375. The summed E-state index contributed by atoms with van der Waals surface area (Å²) < 4.78 is 24.7. The van der Waals surface area contributed by atoms with E-state index in [1.165, 1.54) is 6.07 Å². The number of hydrogen-bond donors (Lipinski definition) is 0. The van der Waals surface area contributed by atoms with Gasteiger partial charge in [0, 0.05) is 0 Å². The Morgan fingerprint density at radius 1 is 1.54 bits per heavy atom. The standard InChI is InChI=1S/C8H7Cl2F2N/c1-4-2-5(10)6(3-9)13-7(4)8(11)12/h2,8H,3H2,1H3. The van der Waals surface area contributed by atoms with Gasteiger partial charge in [-0.3, -0.25) is 0 Å². The van der Waals surface area contributed by atoms with E-state index in [0.29, 0.717) is 16.3 Å². The lowest BCUT2D eigenvalue weighted by Gasteiger charge is -2.06. The second-order valence-electron chi connectivity index (χ2n) is 2.55. The van der Waals surface area contributed by atoms with Gasteiger partial charge in [0.25, 0.3) is 6.43 Å². The van der Waals surface area contributed by atoms with Crippen LogP contribution in [0.4, 0.5) is 8.78 Å². The molecule has 0 aliphatic carbocycles. The number of halogens is 4. The number of alkyl halides is 3. The molecule has 1 heterocycles. The molecule has 0 fully saturated rings. The predicted octanol–water partition coefficient (Wildman–Crippen LogP) is 3.72. The van der Waals surface area contributed by atoms with Crippen molar-refractivity contribution in [3.63, 3.8) is 0 Å². The maximum absolute atomic E-state index is 12.3. The average molecular weight is 226 g/mol. The van der Waals surface area contributed by atoms with Gasteiger partial charge in [0.2, 0.25) is 0 Å². The summed E-state index contributed by atoms with van der Waals surface area (Å²) in [6.45, 7) is 1.54. The van der Waals surface area contributed by atoms with Gasteiger partial charge in [0.05, 0.1) is 16.6 Å². The SMILES string of the molecule is Cc1cc(Cl)c(CCl)nc1C(F)F. The van der Waals surface area contributed by atoms with Gasteiger partial charge in [0.1, 0.15) is 5.69 Å². The van der Waals surface area contributed by atoms with Gasteiger partial charge < -0.3 is 0 Å². The molecule has 1 aromatic heterocycles. The molecule has 0 aromatic carbocycles. The molecule has 5 heteroatoms. The van der Waals surface area contributed by atoms with Gasteiger partial charge in [-0.2, -0.15) is 0 Å². The van der Waals surface area contributed by atoms with Crippen LogP contribution in [-0.4, -0.2) is 4.98 Å². The zero-order valence-electron chi connectivity index (χ0n) is 6.82. The van der Waals surface area contributed by atoms with Crippen molar-refractivity contribution in [3.8, 4) is 0 Å². The fourth-order valence-electron chi connectivity index (χ4n) is 0.949. The lowest BCUT2D eigenvalue weighted by molar-refractivity contribution is 0.145. The first kappa shape index (κ1) is 10.7. The topological polar surface area (TPSA) is 12.9 Å². The maximum atomic E-state index is 12.3. The number of aromatic nitrogens is 1. The number of hydrogen-bond acceptors (Lipinski definition) is 1. The molecule has 1 rings (SSSR count). The van der Waals surface area contributed by atoms with Crippen molar-refractivity contribution >= 4 is 23.2 Å². The molecular formula is C8H7Cl2F2N. The monoisotopic (exact) mass is 225 g/mol. The van der Waals surface area contributed by atoms with Gasteiger partial charge in [-0.25, -0.2) is 13.8 Å². The molecule has 72 valence electrons. The molecule has 0 atom stereocenters.